The minimum atomic E-state index is -0.344. The van der Waals surface area contributed by atoms with E-state index in [1.54, 1.807) is 24.3 Å². The number of hydrogen-bond acceptors (Lipinski definition) is 5. The fourth-order valence-electron chi connectivity index (χ4n) is 5.26. The van der Waals surface area contributed by atoms with Gasteiger partial charge in [-0.15, -0.1) is 0 Å². The van der Waals surface area contributed by atoms with Crippen LogP contribution in [0.15, 0.2) is 48.5 Å². The lowest BCUT2D eigenvalue weighted by Crippen LogP contribution is -2.35. The number of aldehydes is 1. The number of esters is 2. The molecular formula is C28H34O5. The molecule has 1 aliphatic carbocycles. The number of rotatable bonds is 10. The van der Waals surface area contributed by atoms with Gasteiger partial charge in [0.25, 0.3) is 0 Å². The molecular weight excluding hydrogens is 416 g/mol. The normalized spacial score (nSPS) is 15.9. The third kappa shape index (κ3) is 6.31. The van der Waals surface area contributed by atoms with E-state index in [-0.39, 0.29) is 17.4 Å². The van der Waals surface area contributed by atoms with Crippen molar-refractivity contribution >= 4 is 18.2 Å². The summed E-state index contributed by atoms with van der Waals surface area (Å²) in [4.78, 5) is 35.4. The Labute approximate surface area is 196 Å². The van der Waals surface area contributed by atoms with E-state index in [9.17, 15) is 14.4 Å². The average Bonchev–Trinajstić information content (AvgIpc) is 2.87. The van der Waals surface area contributed by atoms with Crippen LogP contribution in [0.2, 0.25) is 0 Å². The van der Waals surface area contributed by atoms with Crippen molar-refractivity contribution < 1.29 is 23.9 Å². The minimum Gasteiger partial charge on any atom is -0.465 e. The van der Waals surface area contributed by atoms with E-state index < -0.39 is 0 Å². The third-order valence-corrected chi connectivity index (χ3v) is 7.18. The molecule has 0 aliphatic heterocycles. The van der Waals surface area contributed by atoms with Crippen LogP contribution in [-0.4, -0.2) is 32.4 Å². The van der Waals surface area contributed by atoms with Crippen LogP contribution in [-0.2, 0) is 27.1 Å². The van der Waals surface area contributed by atoms with Gasteiger partial charge in [-0.3, -0.25) is 0 Å². The van der Waals surface area contributed by atoms with Gasteiger partial charge in [0.15, 0.2) is 0 Å². The first-order valence-corrected chi connectivity index (χ1v) is 11.8. The first-order chi connectivity index (χ1) is 16.0. The molecule has 0 spiro atoms. The fourth-order valence-corrected chi connectivity index (χ4v) is 5.26. The monoisotopic (exact) mass is 450 g/mol. The molecule has 1 fully saturated rings. The Morgan fingerprint density at radius 2 is 1.36 bits per heavy atom. The zero-order chi connectivity index (χ0) is 23.7. The van der Waals surface area contributed by atoms with Crippen molar-refractivity contribution in [3.8, 4) is 0 Å². The quantitative estimate of drug-likeness (QED) is 0.349. The zero-order valence-corrected chi connectivity index (χ0v) is 19.7. The number of benzene rings is 2. The maximum absolute atomic E-state index is 11.9. The summed E-state index contributed by atoms with van der Waals surface area (Å²) in [6.07, 6.45) is 10.1. The second-order valence-corrected chi connectivity index (χ2v) is 9.12. The maximum atomic E-state index is 11.9. The van der Waals surface area contributed by atoms with Gasteiger partial charge in [0.2, 0.25) is 0 Å². The molecule has 5 heteroatoms. The predicted molar refractivity (Wildman–Crippen MR) is 127 cm³/mol. The highest BCUT2D eigenvalue weighted by Crippen LogP contribution is 2.46. The summed E-state index contributed by atoms with van der Waals surface area (Å²) in [5, 5.41) is 0. The van der Waals surface area contributed by atoms with Gasteiger partial charge in [0.1, 0.15) is 6.29 Å². The second kappa shape index (κ2) is 11.8. The van der Waals surface area contributed by atoms with Gasteiger partial charge in [-0.25, -0.2) is 9.59 Å². The molecule has 0 heterocycles. The van der Waals surface area contributed by atoms with Gasteiger partial charge in [-0.1, -0.05) is 43.5 Å². The number of ether oxygens (including phenoxy) is 2. The Hall–Kier alpha value is -2.95. The molecule has 3 rings (SSSR count). The van der Waals surface area contributed by atoms with Gasteiger partial charge < -0.3 is 14.3 Å². The van der Waals surface area contributed by atoms with E-state index >= 15 is 0 Å². The van der Waals surface area contributed by atoms with E-state index in [2.05, 4.69) is 0 Å². The highest BCUT2D eigenvalue weighted by Gasteiger charge is 2.38. The van der Waals surface area contributed by atoms with Crippen LogP contribution in [0.4, 0.5) is 0 Å². The van der Waals surface area contributed by atoms with Crippen molar-refractivity contribution in [3.05, 3.63) is 70.8 Å². The largest absolute Gasteiger partial charge is 0.465 e. The highest BCUT2D eigenvalue weighted by molar-refractivity contribution is 5.89. The van der Waals surface area contributed by atoms with E-state index in [0.717, 1.165) is 49.5 Å². The summed E-state index contributed by atoms with van der Waals surface area (Å²) < 4.78 is 9.61. The number of aryl methyl sites for hydroxylation is 1. The molecule has 176 valence electrons. The molecule has 2 aromatic carbocycles. The molecule has 5 nitrogen and oxygen atoms in total. The van der Waals surface area contributed by atoms with Crippen molar-refractivity contribution in [3.63, 3.8) is 0 Å². The maximum Gasteiger partial charge on any atom is 0.337 e. The van der Waals surface area contributed by atoms with Gasteiger partial charge in [-0.05, 0) is 78.8 Å². The zero-order valence-electron chi connectivity index (χ0n) is 19.7. The first kappa shape index (κ1) is 24.7. The molecule has 0 bridgehead atoms. The summed E-state index contributed by atoms with van der Waals surface area (Å²) >= 11 is 0. The minimum absolute atomic E-state index is 0.129. The topological polar surface area (TPSA) is 69.7 Å². The van der Waals surface area contributed by atoms with Gasteiger partial charge in [0.05, 0.1) is 25.3 Å². The van der Waals surface area contributed by atoms with Crippen LogP contribution >= 0.6 is 0 Å². The van der Waals surface area contributed by atoms with Crippen LogP contribution in [0.5, 0.6) is 0 Å². The van der Waals surface area contributed by atoms with E-state index in [4.69, 9.17) is 9.47 Å². The van der Waals surface area contributed by atoms with E-state index in [0.29, 0.717) is 23.5 Å². The molecule has 0 N–H and O–H groups in total. The van der Waals surface area contributed by atoms with E-state index in [1.807, 2.05) is 24.3 Å². The molecule has 0 radical (unpaired) electrons. The van der Waals surface area contributed by atoms with Gasteiger partial charge in [0, 0.05) is 6.42 Å². The fraction of sp³-hybridized carbons (Fsp3) is 0.464. The summed E-state index contributed by atoms with van der Waals surface area (Å²) in [5.74, 6) is -0.191. The van der Waals surface area contributed by atoms with E-state index in [1.165, 1.54) is 33.5 Å². The molecule has 1 atom stereocenters. The van der Waals surface area contributed by atoms with Crippen molar-refractivity contribution in [2.24, 2.45) is 11.3 Å². The third-order valence-electron chi connectivity index (χ3n) is 7.18. The Morgan fingerprint density at radius 1 is 0.848 bits per heavy atom. The van der Waals surface area contributed by atoms with Gasteiger partial charge >= 0.3 is 11.9 Å². The summed E-state index contributed by atoms with van der Waals surface area (Å²) in [6, 6.07) is 15.1. The SMILES string of the molecule is COC(=O)c1ccc(CCC(CC=O)(Cc2ccc(C(=O)OC)cc2)C2CCCCC2)cc1. The number of carbonyl (C=O) groups excluding carboxylic acids is 3. The van der Waals surface area contributed by atoms with Crippen molar-refractivity contribution in [2.45, 2.75) is 57.8 Å². The van der Waals surface area contributed by atoms with Gasteiger partial charge in [-0.2, -0.15) is 0 Å². The molecule has 0 saturated heterocycles. The predicted octanol–water partition coefficient (Wildman–Crippen LogP) is 5.59. The highest BCUT2D eigenvalue weighted by atomic mass is 16.5. The Kier molecular flexibility index (Phi) is 8.81. The second-order valence-electron chi connectivity index (χ2n) is 9.12. The molecule has 0 amide bonds. The van der Waals surface area contributed by atoms with Crippen LogP contribution in [0.3, 0.4) is 0 Å². The Balaban J connectivity index is 1.83. The first-order valence-electron chi connectivity index (χ1n) is 11.8. The molecule has 1 aliphatic rings. The Bertz CT molecular complexity index is 926. The van der Waals surface area contributed by atoms with Crippen LogP contribution < -0.4 is 0 Å². The lowest BCUT2D eigenvalue weighted by atomic mass is 9.62. The molecule has 1 saturated carbocycles. The molecule has 2 aromatic rings. The number of carbonyl (C=O) groups is 3. The Morgan fingerprint density at radius 3 is 1.85 bits per heavy atom. The summed E-state index contributed by atoms with van der Waals surface area (Å²) in [5.41, 5.74) is 3.23. The molecule has 1 unspecified atom stereocenters. The molecule has 0 aromatic heterocycles. The average molecular weight is 451 g/mol. The van der Waals surface area contributed by atoms with Crippen molar-refractivity contribution in [1.29, 1.82) is 0 Å². The van der Waals surface area contributed by atoms with Crippen molar-refractivity contribution in [1.82, 2.24) is 0 Å². The number of hydrogen-bond donors (Lipinski definition) is 0. The summed E-state index contributed by atoms with van der Waals surface area (Å²) in [6.45, 7) is 0. The lowest BCUT2D eigenvalue weighted by molar-refractivity contribution is -0.111. The standard InChI is InChI=1S/C28H34O5/c1-32-26(30)23-12-8-21(9-13-23)16-17-28(18-19-29,25-6-4-3-5-7-25)20-22-10-14-24(15-11-22)27(31)33-2/h8-15,19,25H,3-7,16-18,20H2,1-2H3. The summed E-state index contributed by atoms with van der Waals surface area (Å²) in [7, 11) is 2.76. The van der Waals surface area contributed by atoms with Crippen molar-refractivity contribution in [2.75, 3.05) is 14.2 Å². The lowest BCUT2D eigenvalue weighted by Gasteiger charge is -2.42. The van der Waals surface area contributed by atoms with Crippen LogP contribution in [0.25, 0.3) is 0 Å². The van der Waals surface area contributed by atoms with Crippen LogP contribution in [0, 0.1) is 11.3 Å². The smallest absolute Gasteiger partial charge is 0.337 e. The number of methoxy groups -OCH3 is 2. The molecule has 33 heavy (non-hydrogen) atoms. The van der Waals surface area contributed by atoms with Crippen LogP contribution in [0.1, 0.15) is 76.8 Å².